The van der Waals surface area contributed by atoms with Crippen LogP contribution in [0.4, 0.5) is 0 Å². The van der Waals surface area contributed by atoms with Crippen molar-refractivity contribution in [1.29, 1.82) is 0 Å². The van der Waals surface area contributed by atoms with Gasteiger partial charge in [-0.1, -0.05) is 6.07 Å². The smallest absolute Gasteiger partial charge is 0.0576 e. The molecular weight excluding hydrogens is 200 g/mol. The van der Waals surface area contributed by atoms with Crippen molar-refractivity contribution in [3.63, 3.8) is 0 Å². The SMILES string of the molecule is NC(CCC1CCCO1)Cc1cccnc1. The third-order valence-corrected chi connectivity index (χ3v) is 3.10. The Bertz CT molecular complexity index is 296. The zero-order chi connectivity index (χ0) is 11.2. The van der Waals surface area contributed by atoms with Crippen LogP contribution in [0.25, 0.3) is 0 Å². The number of ether oxygens (including phenoxy) is 1. The molecule has 0 radical (unpaired) electrons. The number of hydrogen-bond acceptors (Lipinski definition) is 3. The van der Waals surface area contributed by atoms with E-state index < -0.39 is 0 Å². The minimum absolute atomic E-state index is 0.230. The van der Waals surface area contributed by atoms with Gasteiger partial charge in [-0.25, -0.2) is 0 Å². The van der Waals surface area contributed by atoms with E-state index in [0.717, 1.165) is 25.9 Å². The molecule has 1 aliphatic heterocycles. The molecule has 0 amide bonds. The third-order valence-electron chi connectivity index (χ3n) is 3.10. The maximum atomic E-state index is 6.10. The molecule has 0 saturated carbocycles. The monoisotopic (exact) mass is 220 g/mol. The van der Waals surface area contributed by atoms with E-state index >= 15 is 0 Å². The van der Waals surface area contributed by atoms with Crippen molar-refractivity contribution in [1.82, 2.24) is 4.98 Å². The molecule has 3 heteroatoms. The molecule has 1 fully saturated rings. The van der Waals surface area contributed by atoms with Gasteiger partial charge in [0.05, 0.1) is 6.10 Å². The summed E-state index contributed by atoms with van der Waals surface area (Å²) in [6.45, 7) is 0.933. The van der Waals surface area contributed by atoms with Crippen molar-refractivity contribution in [2.24, 2.45) is 5.73 Å². The summed E-state index contributed by atoms with van der Waals surface area (Å²) >= 11 is 0. The molecule has 2 unspecified atom stereocenters. The molecule has 1 aliphatic rings. The Balaban J connectivity index is 1.69. The second-order valence-corrected chi connectivity index (χ2v) is 4.54. The van der Waals surface area contributed by atoms with Crippen molar-refractivity contribution < 1.29 is 4.74 Å². The van der Waals surface area contributed by atoms with Crippen molar-refractivity contribution in [2.75, 3.05) is 6.61 Å². The molecule has 2 atom stereocenters. The van der Waals surface area contributed by atoms with Crippen LogP contribution in [0.3, 0.4) is 0 Å². The number of rotatable bonds is 5. The van der Waals surface area contributed by atoms with E-state index in [9.17, 15) is 0 Å². The molecular formula is C13H20N2O. The molecule has 0 bridgehead atoms. The lowest BCUT2D eigenvalue weighted by molar-refractivity contribution is 0.101. The summed E-state index contributed by atoms with van der Waals surface area (Å²) in [5.74, 6) is 0. The third kappa shape index (κ3) is 3.58. The van der Waals surface area contributed by atoms with Gasteiger partial charge in [-0.15, -0.1) is 0 Å². The Labute approximate surface area is 97.0 Å². The normalized spacial score (nSPS) is 22.2. The summed E-state index contributed by atoms with van der Waals surface area (Å²) in [5, 5.41) is 0. The first-order valence-corrected chi connectivity index (χ1v) is 6.10. The van der Waals surface area contributed by atoms with Crippen molar-refractivity contribution in [2.45, 2.75) is 44.2 Å². The molecule has 0 aromatic carbocycles. The van der Waals surface area contributed by atoms with Gasteiger partial charge in [0.2, 0.25) is 0 Å². The van der Waals surface area contributed by atoms with Crippen molar-refractivity contribution >= 4 is 0 Å². The molecule has 0 aliphatic carbocycles. The van der Waals surface area contributed by atoms with Gasteiger partial charge in [-0.2, -0.15) is 0 Å². The highest BCUT2D eigenvalue weighted by molar-refractivity contribution is 5.09. The number of nitrogens with two attached hydrogens (primary N) is 1. The van der Waals surface area contributed by atoms with E-state index in [1.54, 1.807) is 6.20 Å². The van der Waals surface area contributed by atoms with Crippen LogP contribution in [0.5, 0.6) is 0 Å². The van der Waals surface area contributed by atoms with Crippen molar-refractivity contribution in [3.8, 4) is 0 Å². The van der Waals surface area contributed by atoms with E-state index in [-0.39, 0.29) is 6.04 Å². The maximum absolute atomic E-state index is 6.10. The molecule has 1 aromatic rings. The van der Waals surface area contributed by atoms with E-state index in [4.69, 9.17) is 10.5 Å². The first kappa shape index (κ1) is 11.6. The summed E-state index contributed by atoms with van der Waals surface area (Å²) in [6, 6.07) is 4.27. The van der Waals surface area contributed by atoms with Gasteiger partial charge in [0.15, 0.2) is 0 Å². The van der Waals surface area contributed by atoms with Gasteiger partial charge < -0.3 is 10.5 Å². The number of aromatic nitrogens is 1. The van der Waals surface area contributed by atoms with E-state index in [2.05, 4.69) is 11.1 Å². The largest absolute Gasteiger partial charge is 0.378 e. The average molecular weight is 220 g/mol. The average Bonchev–Trinajstić information content (AvgIpc) is 2.81. The first-order valence-electron chi connectivity index (χ1n) is 6.10. The topological polar surface area (TPSA) is 48.1 Å². The van der Waals surface area contributed by atoms with Crippen LogP contribution in [0.2, 0.25) is 0 Å². The lowest BCUT2D eigenvalue weighted by Gasteiger charge is -2.14. The molecule has 2 N–H and O–H groups in total. The predicted octanol–water partition coefficient (Wildman–Crippen LogP) is 1.91. The Morgan fingerprint density at radius 1 is 1.56 bits per heavy atom. The Kier molecular flexibility index (Phi) is 4.31. The summed E-state index contributed by atoms with van der Waals surface area (Å²) in [6.07, 6.45) is 9.62. The van der Waals surface area contributed by atoms with Gasteiger partial charge in [-0.05, 0) is 43.7 Å². The second-order valence-electron chi connectivity index (χ2n) is 4.54. The molecule has 0 spiro atoms. The first-order chi connectivity index (χ1) is 7.84. The number of nitrogens with zero attached hydrogens (tertiary/aromatic N) is 1. The molecule has 16 heavy (non-hydrogen) atoms. The fourth-order valence-corrected chi connectivity index (χ4v) is 2.20. The predicted molar refractivity (Wildman–Crippen MR) is 64.1 cm³/mol. The number of hydrogen-bond donors (Lipinski definition) is 1. The van der Waals surface area contributed by atoms with E-state index in [1.807, 2.05) is 12.3 Å². The molecule has 3 nitrogen and oxygen atoms in total. The Hall–Kier alpha value is -0.930. The quantitative estimate of drug-likeness (QED) is 0.824. The molecule has 1 aromatic heterocycles. The zero-order valence-electron chi connectivity index (χ0n) is 9.64. The molecule has 2 rings (SSSR count). The number of pyridine rings is 1. The molecule has 88 valence electrons. The van der Waals surface area contributed by atoms with Crippen LogP contribution >= 0.6 is 0 Å². The summed E-state index contributed by atoms with van der Waals surface area (Å²) in [5.41, 5.74) is 7.32. The van der Waals surface area contributed by atoms with Crippen LogP contribution in [-0.2, 0) is 11.2 Å². The van der Waals surface area contributed by atoms with Crippen LogP contribution in [0.1, 0.15) is 31.2 Å². The van der Waals surface area contributed by atoms with Crippen LogP contribution in [0, 0.1) is 0 Å². The standard InChI is InChI=1S/C13H20N2O/c14-12(5-6-13-4-2-8-16-13)9-11-3-1-7-15-10-11/h1,3,7,10,12-13H,2,4-6,8-9,14H2. The fourth-order valence-electron chi connectivity index (χ4n) is 2.20. The second kappa shape index (κ2) is 5.97. The summed E-state index contributed by atoms with van der Waals surface area (Å²) < 4.78 is 5.59. The van der Waals surface area contributed by atoms with Gasteiger partial charge in [0, 0.05) is 25.0 Å². The van der Waals surface area contributed by atoms with Crippen molar-refractivity contribution in [3.05, 3.63) is 30.1 Å². The molecule has 1 saturated heterocycles. The van der Waals surface area contributed by atoms with E-state index in [1.165, 1.54) is 18.4 Å². The van der Waals surface area contributed by atoms with E-state index in [0.29, 0.717) is 6.10 Å². The summed E-state index contributed by atoms with van der Waals surface area (Å²) in [4.78, 5) is 4.10. The summed E-state index contributed by atoms with van der Waals surface area (Å²) in [7, 11) is 0. The van der Waals surface area contributed by atoms with Crippen LogP contribution in [0.15, 0.2) is 24.5 Å². The maximum Gasteiger partial charge on any atom is 0.0576 e. The fraction of sp³-hybridized carbons (Fsp3) is 0.615. The van der Waals surface area contributed by atoms with Crippen LogP contribution < -0.4 is 5.73 Å². The Morgan fingerprint density at radius 2 is 2.50 bits per heavy atom. The minimum atomic E-state index is 0.230. The zero-order valence-corrected chi connectivity index (χ0v) is 9.64. The minimum Gasteiger partial charge on any atom is -0.378 e. The highest BCUT2D eigenvalue weighted by Crippen LogP contribution is 2.18. The van der Waals surface area contributed by atoms with Crippen LogP contribution in [-0.4, -0.2) is 23.7 Å². The van der Waals surface area contributed by atoms with Gasteiger partial charge in [0.25, 0.3) is 0 Å². The van der Waals surface area contributed by atoms with Gasteiger partial charge in [-0.3, -0.25) is 4.98 Å². The molecule has 2 heterocycles. The highest BCUT2D eigenvalue weighted by atomic mass is 16.5. The van der Waals surface area contributed by atoms with Gasteiger partial charge >= 0.3 is 0 Å². The lowest BCUT2D eigenvalue weighted by Crippen LogP contribution is -2.24. The Morgan fingerprint density at radius 3 is 3.19 bits per heavy atom. The lowest BCUT2D eigenvalue weighted by atomic mass is 10.0. The van der Waals surface area contributed by atoms with Gasteiger partial charge in [0.1, 0.15) is 0 Å². The highest BCUT2D eigenvalue weighted by Gasteiger charge is 2.16.